The molecule has 0 aliphatic carbocycles. The molecular formula is C24H19F4N3OS2. The van der Waals surface area contributed by atoms with Crippen LogP contribution in [0, 0.1) is 12.7 Å². The van der Waals surface area contributed by atoms with Crippen LogP contribution in [0.4, 0.5) is 28.9 Å². The number of rotatable bonds is 4. The van der Waals surface area contributed by atoms with E-state index in [1.807, 2.05) is 18.4 Å². The summed E-state index contributed by atoms with van der Waals surface area (Å²) < 4.78 is 54.6. The van der Waals surface area contributed by atoms with E-state index in [1.165, 1.54) is 58.7 Å². The third kappa shape index (κ3) is 4.55. The Kier molecular flexibility index (Phi) is 6.46. The molecule has 2 heterocycles. The number of hydrogen-bond donors (Lipinski definition) is 2. The van der Waals surface area contributed by atoms with Crippen LogP contribution in [0.5, 0.6) is 0 Å². The maximum Gasteiger partial charge on any atom is 0.418 e. The lowest BCUT2D eigenvalue weighted by Gasteiger charge is -2.38. The van der Waals surface area contributed by atoms with Crippen molar-refractivity contribution in [2.45, 2.75) is 26.1 Å². The van der Waals surface area contributed by atoms with Gasteiger partial charge in [0.15, 0.2) is 5.11 Å². The van der Waals surface area contributed by atoms with Crippen LogP contribution in [0.15, 0.2) is 71.2 Å². The van der Waals surface area contributed by atoms with Crippen molar-refractivity contribution < 1.29 is 22.4 Å². The maximum absolute atomic E-state index is 13.8. The van der Waals surface area contributed by atoms with E-state index in [2.05, 4.69) is 10.6 Å². The highest BCUT2D eigenvalue weighted by Crippen LogP contribution is 2.42. The van der Waals surface area contributed by atoms with Crippen LogP contribution in [0.3, 0.4) is 0 Å². The van der Waals surface area contributed by atoms with E-state index in [9.17, 15) is 22.4 Å². The number of anilines is 2. The molecule has 4 rings (SSSR count). The molecule has 1 aliphatic rings. The van der Waals surface area contributed by atoms with Crippen LogP contribution in [-0.2, 0) is 11.0 Å². The van der Waals surface area contributed by atoms with Crippen LogP contribution >= 0.6 is 23.6 Å². The van der Waals surface area contributed by atoms with Crippen molar-refractivity contribution in [2.75, 3.05) is 10.2 Å². The summed E-state index contributed by atoms with van der Waals surface area (Å²) >= 11 is 6.90. The largest absolute Gasteiger partial charge is 0.418 e. The highest BCUT2D eigenvalue weighted by Gasteiger charge is 2.40. The quantitative estimate of drug-likeness (QED) is 0.311. The Labute approximate surface area is 202 Å². The van der Waals surface area contributed by atoms with E-state index < -0.39 is 29.5 Å². The zero-order chi connectivity index (χ0) is 24.6. The second kappa shape index (κ2) is 9.19. The summed E-state index contributed by atoms with van der Waals surface area (Å²) in [4.78, 5) is 15.5. The van der Waals surface area contributed by atoms with Crippen LogP contribution in [-0.4, -0.2) is 11.0 Å². The first-order valence-corrected chi connectivity index (χ1v) is 11.4. The van der Waals surface area contributed by atoms with Crippen molar-refractivity contribution in [3.63, 3.8) is 0 Å². The number of allylic oxidation sites excluding steroid dienone is 1. The topological polar surface area (TPSA) is 44.4 Å². The highest BCUT2D eigenvalue weighted by molar-refractivity contribution is 7.80. The number of halogens is 4. The minimum Gasteiger partial charge on any atom is -0.350 e. The number of thiophene rings is 1. The minimum atomic E-state index is -4.62. The van der Waals surface area contributed by atoms with Crippen LogP contribution in [0.1, 0.15) is 29.0 Å². The summed E-state index contributed by atoms with van der Waals surface area (Å²) in [5, 5.41) is 7.70. The summed E-state index contributed by atoms with van der Waals surface area (Å²) in [6.07, 6.45) is -4.62. The molecular weight excluding hydrogens is 486 g/mol. The number of hydrogen-bond acceptors (Lipinski definition) is 3. The molecule has 0 saturated carbocycles. The molecule has 0 fully saturated rings. The lowest BCUT2D eigenvalue weighted by Crippen LogP contribution is -2.49. The first kappa shape index (κ1) is 23.9. The van der Waals surface area contributed by atoms with Gasteiger partial charge in [0.1, 0.15) is 5.82 Å². The molecule has 0 spiro atoms. The molecule has 34 heavy (non-hydrogen) atoms. The van der Waals surface area contributed by atoms with E-state index in [-0.39, 0.29) is 22.1 Å². The van der Waals surface area contributed by atoms with Crippen molar-refractivity contribution in [3.05, 3.63) is 93.1 Å². The average molecular weight is 506 g/mol. The number of benzene rings is 2. The summed E-state index contributed by atoms with van der Waals surface area (Å²) in [6.45, 7) is 3.45. The van der Waals surface area contributed by atoms with Gasteiger partial charge in [-0.3, -0.25) is 9.69 Å². The number of nitrogens with one attached hydrogen (secondary N) is 2. The van der Waals surface area contributed by atoms with Crippen molar-refractivity contribution >= 4 is 45.9 Å². The fraction of sp³-hybridized carbons (Fsp3) is 0.167. The molecule has 1 aromatic heterocycles. The Bertz CT molecular complexity index is 1280. The normalized spacial score (nSPS) is 16.5. The monoisotopic (exact) mass is 505 g/mol. The van der Waals surface area contributed by atoms with Crippen molar-refractivity contribution in [3.8, 4) is 0 Å². The van der Waals surface area contributed by atoms with Gasteiger partial charge in [0.2, 0.25) is 0 Å². The summed E-state index contributed by atoms with van der Waals surface area (Å²) in [5.41, 5.74) is 0.678. The Morgan fingerprint density at radius 3 is 2.38 bits per heavy atom. The van der Waals surface area contributed by atoms with E-state index in [4.69, 9.17) is 12.2 Å². The van der Waals surface area contributed by atoms with Gasteiger partial charge < -0.3 is 10.6 Å². The van der Waals surface area contributed by atoms with Gasteiger partial charge in [-0.1, -0.05) is 12.1 Å². The third-order valence-electron chi connectivity index (χ3n) is 5.45. The SMILES string of the molecule is CC1=C(C(=O)Nc2ccc(F)cc2)[C@@H](c2sccc2C)NC(=S)N1c1ccccc1C(F)(F)F. The van der Waals surface area contributed by atoms with Gasteiger partial charge in [0.05, 0.1) is 22.9 Å². The molecule has 1 atom stereocenters. The predicted molar refractivity (Wildman–Crippen MR) is 129 cm³/mol. The molecule has 3 aromatic rings. The fourth-order valence-electron chi connectivity index (χ4n) is 3.84. The van der Waals surface area contributed by atoms with Gasteiger partial charge in [-0.05, 0) is 79.5 Å². The maximum atomic E-state index is 13.8. The lowest BCUT2D eigenvalue weighted by molar-refractivity contribution is -0.137. The van der Waals surface area contributed by atoms with E-state index in [0.29, 0.717) is 5.69 Å². The van der Waals surface area contributed by atoms with Gasteiger partial charge in [-0.25, -0.2) is 4.39 Å². The zero-order valence-corrected chi connectivity index (χ0v) is 19.7. The first-order valence-electron chi connectivity index (χ1n) is 10.2. The average Bonchev–Trinajstić information content (AvgIpc) is 3.20. The Balaban J connectivity index is 1.86. The zero-order valence-electron chi connectivity index (χ0n) is 18.0. The van der Waals surface area contributed by atoms with Crippen molar-refractivity contribution in [2.24, 2.45) is 0 Å². The third-order valence-corrected chi connectivity index (χ3v) is 6.83. The van der Waals surface area contributed by atoms with Gasteiger partial charge in [0.25, 0.3) is 5.91 Å². The smallest absolute Gasteiger partial charge is 0.350 e. The number of carbonyl (C=O) groups excluding carboxylic acids is 1. The molecule has 0 bridgehead atoms. The highest BCUT2D eigenvalue weighted by atomic mass is 32.1. The van der Waals surface area contributed by atoms with Crippen molar-refractivity contribution in [1.82, 2.24) is 5.32 Å². The molecule has 0 saturated heterocycles. The van der Waals surface area contributed by atoms with Crippen molar-refractivity contribution in [1.29, 1.82) is 0 Å². The molecule has 10 heteroatoms. The van der Waals surface area contributed by atoms with Gasteiger partial charge >= 0.3 is 6.18 Å². The van der Waals surface area contributed by atoms with Gasteiger partial charge in [-0.2, -0.15) is 13.2 Å². The number of amides is 1. The number of aryl methyl sites for hydroxylation is 1. The lowest BCUT2D eigenvalue weighted by atomic mass is 9.97. The summed E-state index contributed by atoms with van der Waals surface area (Å²) in [5.74, 6) is -0.994. The van der Waals surface area contributed by atoms with Gasteiger partial charge in [-0.15, -0.1) is 11.3 Å². The molecule has 176 valence electrons. The molecule has 2 N–H and O–H groups in total. The summed E-state index contributed by atoms with van der Waals surface area (Å²) in [7, 11) is 0. The Morgan fingerprint density at radius 1 is 1.09 bits per heavy atom. The molecule has 2 aromatic carbocycles. The molecule has 1 aliphatic heterocycles. The van der Waals surface area contributed by atoms with Gasteiger partial charge in [0, 0.05) is 16.3 Å². The number of thiocarbonyl (C=S) groups is 1. The number of nitrogens with zero attached hydrogens (tertiary/aromatic N) is 1. The first-order chi connectivity index (χ1) is 16.1. The van der Waals surface area contributed by atoms with E-state index >= 15 is 0 Å². The number of alkyl halides is 3. The second-order valence-electron chi connectivity index (χ2n) is 7.66. The van der Waals surface area contributed by atoms with Crippen LogP contribution < -0.4 is 15.5 Å². The fourth-order valence-corrected chi connectivity index (χ4v) is 5.18. The number of para-hydroxylation sites is 1. The summed E-state index contributed by atoms with van der Waals surface area (Å²) in [6, 6.07) is 11.5. The van der Waals surface area contributed by atoms with Crippen LogP contribution in [0.2, 0.25) is 0 Å². The van der Waals surface area contributed by atoms with E-state index in [0.717, 1.165) is 16.5 Å². The minimum absolute atomic E-state index is 0.0466. The number of carbonyl (C=O) groups is 1. The molecule has 0 unspecified atom stereocenters. The Morgan fingerprint density at radius 2 is 1.76 bits per heavy atom. The van der Waals surface area contributed by atoms with E-state index in [1.54, 1.807) is 6.92 Å². The predicted octanol–water partition coefficient (Wildman–Crippen LogP) is 6.56. The molecule has 1 amide bonds. The standard InChI is InChI=1S/C24H19F4N3OS2/c1-13-11-12-34-21(13)20-19(22(32)29-16-9-7-15(25)8-10-16)14(2)31(23(33)30-20)18-6-4-3-5-17(18)24(26,27)28/h3-12,20H,1-2H3,(H,29,32)(H,30,33)/t20-/m0/s1. The Hall–Kier alpha value is -3.24. The van der Waals surface area contributed by atoms with Crippen LogP contribution in [0.25, 0.3) is 0 Å². The molecule has 4 nitrogen and oxygen atoms in total. The second-order valence-corrected chi connectivity index (χ2v) is 9.00. The molecule has 0 radical (unpaired) electrons.